The molecule has 0 bridgehead atoms. The SMILES string of the molecule is O=C(Cn1ccc2ccccc2c1=O)NCC(=O)N1CCC(Cc2ccccc2)CC1. The van der Waals surface area contributed by atoms with Gasteiger partial charge in [-0.3, -0.25) is 14.4 Å². The van der Waals surface area contributed by atoms with Crippen LogP contribution in [0, 0.1) is 5.92 Å². The van der Waals surface area contributed by atoms with Crippen molar-refractivity contribution in [2.75, 3.05) is 19.6 Å². The Morgan fingerprint density at radius 2 is 1.65 bits per heavy atom. The monoisotopic (exact) mass is 417 g/mol. The van der Waals surface area contributed by atoms with Gasteiger partial charge < -0.3 is 14.8 Å². The Morgan fingerprint density at radius 1 is 0.935 bits per heavy atom. The molecule has 1 aromatic heterocycles. The quantitative estimate of drug-likeness (QED) is 0.670. The molecule has 6 nitrogen and oxygen atoms in total. The van der Waals surface area contributed by atoms with E-state index in [1.54, 1.807) is 18.3 Å². The number of benzene rings is 2. The van der Waals surface area contributed by atoms with Gasteiger partial charge in [-0.05, 0) is 48.3 Å². The first kappa shape index (κ1) is 20.8. The summed E-state index contributed by atoms with van der Waals surface area (Å²) in [5.74, 6) is 0.169. The standard InChI is InChI=1S/C25H27N3O3/c29-23(18-28-15-12-21-8-4-5-9-22(21)25(28)31)26-17-24(30)27-13-10-20(11-14-27)16-19-6-2-1-3-7-19/h1-9,12,15,20H,10-11,13-14,16-18H2,(H,26,29). The van der Waals surface area contributed by atoms with Crippen molar-refractivity contribution in [1.82, 2.24) is 14.8 Å². The van der Waals surface area contributed by atoms with E-state index in [0.29, 0.717) is 11.3 Å². The molecule has 2 heterocycles. The highest BCUT2D eigenvalue weighted by Crippen LogP contribution is 2.21. The van der Waals surface area contributed by atoms with E-state index in [2.05, 4.69) is 29.6 Å². The zero-order valence-corrected chi connectivity index (χ0v) is 17.5. The molecule has 1 saturated heterocycles. The fraction of sp³-hybridized carbons (Fsp3) is 0.320. The lowest BCUT2D eigenvalue weighted by Crippen LogP contribution is -2.45. The lowest BCUT2D eigenvalue weighted by Gasteiger charge is -2.32. The predicted molar refractivity (Wildman–Crippen MR) is 121 cm³/mol. The zero-order chi connectivity index (χ0) is 21.6. The minimum Gasteiger partial charge on any atom is -0.345 e. The fourth-order valence-corrected chi connectivity index (χ4v) is 4.18. The van der Waals surface area contributed by atoms with E-state index in [1.165, 1.54) is 10.1 Å². The van der Waals surface area contributed by atoms with Crippen molar-refractivity contribution in [3.05, 3.63) is 82.8 Å². The van der Waals surface area contributed by atoms with E-state index < -0.39 is 0 Å². The molecule has 0 radical (unpaired) electrons. The Bertz CT molecular complexity index is 1120. The van der Waals surface area contributed by atoms with Crippen LogP contribution in [0.2, 0.25) is 0 Å². The molecule has 1 aliphatic heterocycles. The van der Waals surface area contributed by atoms with Crippen LogP contribution in [-0.2, 0) is 22.6 Å². The first-order valence-electron chi connectivity index (χ1n) is 10.8. The molecule has 1 aliphatic rings. The largest absolute Gasteiger partial charge is 0.345 e. The maximum absolute atomic E-state index is 12.5. The van der Waals surface area contributed by atoms with Crippen LogP contribution in [0.1, 0.15) is 18.4 Å². The third-order valence-corrected chi connectivity index (χ3v) is 5.97. The number of nitrogens with one attached hydrogen (secondary N) is 1. The van der Waals surface area contributed by atoms with Crippen LogP contribution in [0.25, 0.3) is 10.8 Å². The number of rotatable bonds is 6. The van der Waals surface area contributed by atoms with Gasteiger partial charge in [0.15, 0.2) is 0 Å². The van der Waals surface area contributed by atoms with Crippen molar-refractivity contribution in [3.63, 3.8) is 0 Å². The molecular formula is C25H27N3O3. The number of piperidine rings is 1. The summed E-state index contributed by atoms with van der Waals surface area (Å²) in [4.78, 5) is 39.1. The van der Waals surface area contributed by atoms with E-state index in [1.807, 2.05) is 29.2 Å². The number of carbonyl (C=O) groups excluding carboxylic acids is 2. The molecule has 0 spiro atoms. The Labute approximate surface area is 181 Å². The second kappa shape index (κ2) is 9.60. The van der Waals surface area contributed by atoms with E-state index in [4.69, 9.17) is 0 Å². The molecule has 1 N–H and O–H groups in total. The molecule has 160 valence electrons. The number of hydrogen-bond donors (Lipinski definition) is 1. The number of likely N-dealkylation sites (tertiary alicyclic amines) is 1. The number of nitrogens with zero attached hydrogens (tertiary/aromatic N) is 2. The van der Waals surface area contributed by atoms with Crippen LogP contribution in [-0.4, -0.2) is 40.9 Å². The topological polar surface area (TPSA) is 71.4 Å². The van der Waals surface area contributed by atoms with Crippen molar-refractivity contribution < 1.29 is 9.59 Å². The number of carbonyl (C=O) groups is 2. The number of pyridine rings is 1. The molecule has 0 saturated carbocycles. The summed E-state index contributed by atoms with van der Waals surface area (Å²) in [6.07, 6.45) is 4.60. The number of amides is 2. The van der Waals surface area contributed by atoms with Gasteiger partial charge in [-0.25, -0.2) is 0 Å². The first-order valence-corrected chi connectivity index (χ1v) is 10.8. The fourth-order valence-electron chi connectivity index (χ4n) is 4.18. The van der Waals surface area contributed by atoms with Gasteiger partial charge in [-0.1, -0.05) is 48.5 Å². The van der Waals surface area contributed by atoms with Gasteiger partial charge in [-0.2, -0.15) is 0 Å². The Hall–Kier alpha value is -3.41. The van der Waals surface area contributed by atoms with Gasteiger partial charge in [0.05, 0.1) is 6.54 Å². The first-order chi connectivity index (χ1) is 15.1. The summed E-state index contributed by atoms with van der Waals surface area (Å²) in [6, 6.07) is 19.5. The van der Waals surface area contributed by atoms with Gasteiger partial charge in [0.1, 0.15) is 6.54 Å². The van der Waals surface area contributed by atoms with Crippen molar-refractivity contribution in [3.8, 4) is 0 Å². The third kappa shape index (κ3) is 5.20. The molecular weight excluding hydrogens is 390 g/mol. The number of hydrogen-bond acceptors (Lipinski definition) is 3. The Kier molecular flexibility index (Phi) is 6.46. The van der Waals surface area contributed by atoms with E-state index >= 15 is 0 Å². The van der Waals surface area contributed by atoms with Crippen LogP contribution in [0.5, 0.6) is 0 Å². The number of aromatic nitrogens is 1. The molecule has 31 heavy (non-hydrogen) atoms. The molecule has 0 aliphatic carbocycles. The third-order valence-electron chi connectivity index (χ3n) is 5.97. The molecule has 3 aromatic rings. The van der Waals surface area contributed by atoms with E-state index in [9.17, 15) is 14.4 Å². The second-order valence-electron chi connectivity index (χ2n) is 8.13. The van der Waals surface area contributed by atoms with Gasteiger partial charge in [0.2, 0.25) is 11.8 Å². The molecule has 2 amide bonds. The van der Waals surface area contributed by atoms with Gasteiger partial charge >= 0.3 is 0 Å². The molecule has 6 heteroatoms. The molecule has 0 unspecified atom stereocenters. The van der Waals surface area contributed by atoms with Crippen molar-refractivity contribution in [1.29, 1.82) is 0 Å². The lowest BCUT2D eigenvalue weighted by atomic mass is 9.90. The predicted octanol–water partition coefficient (Wildman–Crippen LogP) is 2.60. The number of fused-ring (bicyclic) bond motifs is 1. The van der Waals surface area contributed by atoms with E-state index in [0.717, 1.165) is 37.7 Å². The average molecular weight is 418 g/mol. The molecule has 0 atom stereocenters. The highest BCUT2D eigenvalue weighted by Gasteiger charge is 2.23. The van der Waals surface area contributed by atoms with Gasteiger partial charge in [0.25, 0.3) is 5.56 Å². The summed E-state index contributed by atoms with van der Waals surface area (Å²) in [6.45, 7) is 1.30. The van der Waals surface area contributed by atoms with Crippen LogP contribution in [0.3, 0.4) is 0 Å². The zero-order valence-electron chi connectivity index (χ0n) is 17.5. The van der Waals surface area contributed by atoms with Gasteiger partial charge in [0, 0.05) is 24.7 Å². The maximum atomic E-state index is 12.5. The summed E-state index contributed by atoms with van der Waals surface area (Å²) in [7, 11) is 0. The van der Waals surface area contributed by atoms with Crippen molar-refractivity contribution >= 4 is 22.6 Å². The van der Waals surface area contributed by atoms with Crippen molar-refractivity contribution in [2.45, 2.75) is 25.8 Å². The molecule has 2 aromatic carbocycles. The van der Waals surface area contributed by atoms with Crippen LogP contribution >= 0.6 is 0 Å². The minimum atomic E-state index is -0.343. The normalized spacial score (nSPS) is 14.5. The molecule has 1 fully saturated rings. The Balaban J connectivity index is 1.24. The maximum Gasteiger partial charge on any atom is 0.258 e. The van der Waals surface area contributed by atoms with Crippen LogP contribution in [0.4, 0.5) is 0 Å². The van der Waals surface area contributed by atoms with Crippen LogP contribution < -0.4 is 10.9 Å². The highest BCUT2D eigenvalue weighted by molar-refractivity contribution is 5.85. The summed E-state index contributed by atoms with van der Waals surface area (Å²) < 4.78 is 1.37. The smallest absolute Gasteiger partial charge is 0.258 e. The lowest BCUT2D eigenvalue weighted by molar-refractivity contribution is -0.134. The Morgan fingerprint density at radius 3 is 2.42 bits per heavy atom. The minimum absolute atomic E-state index is 0.0372. The summed E-state index contributed by atoms with van der Waals surface area (Å²) in [5, 5.41) is 4.08. The van der Waals surface area contributed by atoms with Crippen molar-refractivity contribution in [2.24, 2.45) is 5.92 Å². The second-order valence-corrected chi connectivity index (χ2v) is 8.13. The van der Waals surface area contributed by atoms with Crippen LogP contribution in [0.15, 0.2) is 71.7 Å². The highest BCUT2D eigenvalue weighted by atomic mass is 16.2. The molecule has 4 rings (SSSR count). The van der Waals surface area contributed by atoms with Gasteiger partial charge in [-0.15, -0.1) is 0 Å². The average Bonchev–Trinajstić information content (AvgIpc) is 2.81. The summed E-state index contributed by atoms with van der Waals surface area (Å²) in [5.41, 5.74) is 1.13. The summed E-state index contributed by atoms with van der Waals surface area (Å²) >= 11 is 0. The van der Waals surface area contributed by atoms with E-state index in [-0.39, 0.29) is 30.5 Å².